The molecule has 2 aliphatic heterocycles. The fourth-order valence-electron chi connectivity index (χ4n) is 8.31. The fourth-order valence-corrected chi connectivity index (χ4v) is 8.31. The maximum atomic E-state index is 14.6. The number of carbonyl (C=O) groups is 4. The second-order valence-corrected chi connectivity index (χ2v) is 17.2. The van der Waals surface area contributed by atoms with Crippen LogP contribution in [0.3, 0.4) is 0 Å². The third-order valence-corrected chi connectivity index (χ3v) is 11.9. The Labute approximate surface area is 386 Å². The lowest BCUT2D eigenvalue weighted by molar-refractivity contribution is -0.143. The third-order valence-electron chi connectivity index (χ3n) is 11.9. The number of aromatic nitrogens is 4. The van der Waals surface area contributed by atoms with Gasteiger partial charge >= 0.3 is 12.2 Å². The molecule has 3 aliphatic rings. The Morgan fingerprint density at radius 1 is 0.821 bits per heavy atom. The molecule has 6 rings (SSSR count). The number of halogens is 4. The summed E-state index contributed by atoms with van der Waals surface area (Å²) in [6, 6.07) is 4.28. The lowest BCUT2D eigenvalue weighted by atomic mass is 9.90. The van der Waals surface area contributed by atoms with E-state index in [-0.39, 0.29) is 30.1 Å². The first-order valence-electron chi connectivity index (χ1n) is 22.2. The number of nitrogens with one attached hydrogen (secondary N) is 4. The highest BCUT2D eigenvalue weighted by Gasteiger charge is 2.41. The van der Waals surface area contributed by atoms with E-state index in [9.17, 15) is 36.7 Å². The molecule has 4 heterocycles. The van der Waals surface area contributed by atoms with Crippen molar-refractivity contribution < 1.29 is 55.7 Å². The molecule has 0 radical (unpaired) electrons. The molecular formula is C47H58F4N8O8. The molecule has 0 spiro atoms. The number of hydrogen-bond donors (Lipinski definition) is 4. The van der Waals surface area contributed by atoms with Gasteiger partial charge in [0.05, 0.1) is 63.7 Å². The van der Waals surface area contributed by atoms with E-state index < -0.39 is 67.1 Å². The first-order valence-corrected chi connectivity index (χ1v) is 22.2. The highest BCUT2D eigenvalue weighted by Crippen LogP contribution is 2.30. The summed E-state index contributed by atoms with van der Waals surface area (Å²) >= 11 is 0. The molecule has 0 bridgehead atoms. The minimum Gasteiger partial charge on any atom is -0.453 e. The van der Waals surface area contributed by atoms with E-state index in [2.05, 4.69) is 42.4 Å². The molecule has 4 unspecified atom stereocenters. The average Bonchev–Trinajstić information content (AvgIpc) is 4.01. The van der Waals surface area contributed by atoms with Crippen molar-refractivity contribution in [1.29, 1.82) is 0 Å². The minimum atomic E-state index is -3.24. The van der Waals surface area contributed by atoms with Crippen molar-refractivity contribution in [3.05, 3.63) is 77.8 Å². The van der Waals surface area contributed by atoms with Crippen LogP contribution in [0.15, 0.2) is 54.9 Å². The summed E-state index contributed by atoms with van der Waals surface area (Å²) in [7, 11) is 2.34. The van der Waals surface area contributed by atoms with Crippen LogP contribution >= 0.6 is 0 Å². The zero-order valence-corrected chi connectivity index (χ0v) is 38.2. The number of nitrogens with zero attached hydrogens (tertiary/aromatic N) is 4. The standard InChI is InChI=1S/C47H58F4N8O8/c1-29(59(28-47(3,50)51)43(61)40(57-45(63)65-5)35-18-22-67-23-19-35)41-53-25-37(55-41)33-14-10-31(11-15-33)7-6-30-8-12-32(13-9-30)36-24-52-38(54-36)26-58(27-46(2,48)49)42(60)39(56-44(62)64-4)34-16-20-66-21-17-34/h8,10-15,24-25,29-30,34-35,39-40H,9,16-23,26-28H2,1-5H3,(H,52,54)(H,53,55)(H,56,62)(H,57,63). The van der Waals surface area contributed by atoms with Crippen LogP contribution in [0.4, 0.5) is 27.2 Å². The smallest absolute Gasteiger partial charge is 0.407 e. The Kier molecular flexibility index (Phi) is 16.9. The monoisotopic (exact) mass is 938 g/mol. The number of amides is 4. The van der Waals surface area contributed by atoms with E-state index >= 15 is 0 Å². The minimum absolute atomic E-state index is 0.109. The summed E-state index contributed by atoms with van der Waals surface area (Å²) < 4.78 is 78.4. The Balaban J connectivity index is 1.08. The quantitative estimate of drug-likeness (QED) is 0.0894. The number of aromatic amines is 2. The Morgan fingerprint density at radius 2 is 1.39 bits per heavy atom. The van der Waals surface area contributed by atoms with Gasteiger partial charge in [0.1, 0.15) is 23.7 Å². The second kappa shape index (κ2) is 22.5. The molecule has 4 N–H and O–H groups in total. The van der Waals surface area contributed by atoms with Crippen molar-refractivity contribution in [1.82, 2.24) is 40.4 Å². The van der Waals surface area contributed by atoms with Crippen molar-refractivity contribution in [2.75, 3.05) is 53.7 Å². The highest BCUT2D eigenvalue weighted by atomic mass is 19.3. The van der Waals surface area contributed by atoms with E-state index in [4.69, 9.17) is 18.9 Å². The van der Waals surface area contributed by atoms with Crippen LogP contribution in [0.25, 0.3) is 16.8 Å². The van der Waals surface area contributed by atoms with E-state index in [1.807, 2.05) is 42.5 Å². The van der Waals surface area contributed by atoms with Crippen molar-refractivity contribution in [2.24, 2.45) is 17.8 Å². The van der Waals surface area contributed by atoms with Gasteiger partial charge in [-0.25, -0.2) is 37.1 Å². The maximum absolute atomic E-state index is 14.6. The second-order valence-electron chi connectivity index (χ2n) is 17.2. The molecular weight excluding hydrogens is 881 g/mol. The van der Waals surface area contributed by atoms with Crippen LogP contribution in [0.1, 0.15) is 81.8 Å². The Hall–Kier alpha value is -6.20. The molecule has 20 heteroatoms. The normalized spacial score (nSPS) is 18.3. The molecule has 1 aliphatic carbocycles. The zero-order valence-electron chi connectivity index (χ0n) is 38.2. The van der Waals surface area contributed by atoms with Crippen LogP contribution in [-0.2, 0) is 35.1 Å². The van der Waals surface area contributed by atoms with Crippen molar-refractivity contribution in [3.63, 3.8) is 0 Å². The van der Waals surface area contributed by atoms with Crippen molar-refractivity contribution in [3.8, 4) is 23.1 Å². The number of alkyl carbamates (subject to hydrolysis) is 2. The molecule has 67 heavy (non-hydrogen) atoms. The van der Waals surface area contributed by atoms with Gasteiger partial charge in [0.15, 0.2) is 0 Å². The number of alkyl halides is 4. The lowest BCUT2D eigenvalue weighted by Crippen LogP contribution is -2.55. The lowest BCUT2D eigenvalue weighted by Gasteiger charge is -2.37. The van der Waals surface area contributed by atoms with Crippen LogP contribution in [0, 0.1) is 29.6 Å². The Bertz CT molecular complexity index is 2300. The summed E-state index contributed by atoms with van der Waals surface area (Å²) in [5.74, 6) is -1.54. The van der Waals surface area contributed by atoms with Crippen LogP contribution in [0.5, 0.6) is 0 Å². The van der Waals surface area contributed by atoms with Crippen LogP contribution in [0.2, 0.25) is 0 Å². The van der Waals surface area contributed by atoms with Crippen molar-refractivity contribution in [2.45, 2.75) is 89.4 Å². The molecule has 2 saturated heterocycles. The number of rotatable bonds is 16. The van der Waals surface area contributed by atoms with Gasteiger partial charge in [-0.3, -0.25) is 9.59 Å². The van der Waals surface area contributed by atoms with Gasteiger partial charge in [-0.15, -0.1) is 0 Å². The number of ether oxygens (including phenoxy) is 4. The Morgan fingerprint density at radius 3 is 1.93 bits per heavy atom. The predicted molar refractivity (Wildman–Crippen MR) is 237 cm³/mol. The molecule has 2 aromatic heterocycles. The van der Waals surface area contributed by atoms with Gasteiger partial charge in [0.2, 0.25) is 11.8 Å². The average molecular weight is 939 g/mol. The van der Waals surface area contributed by atoms with Crippen molar-refractivity contribution >= 4 is 29.6 Å². The summed E-state index contributed by atoms with van der Waals surface area (Å²) in [6.45, 7) is 2.53. The summed E-state index contributed by atoms with van der Waals surface area (Å²) in [5, 5.41) is 5.12. The number of benzene rings is 1. The number of imidazole rings is 2. The molecule has 3 aromatic rings. The fraction of sp³-hybridized carbons (Fsp3) is 0.532. The molecule has 1 aromatic carbocycles. The first-order chi connectivity index (χ1) is 31.9. The number of allylic oxidation sites excluding steroid dienone is 4. The molecule has 4 amide bonds. The predicted octanol–water partition coefficient (Wildman–Crippen LogP) is 6.64. The van der Waals surface area contributed by atoms with E-state index in [0.717, 1.165) is 40.3 Å². The number of hydrogen-bond acceptors (Lipinski definition) is 10. The van der Waals surface area contributed by atoms with Crippen LogP contribution < -0.4 is 10.6 Å². The van der Waals surface area contributed by atoms with Gasteiger partial charge < -0.3 is 49.3 Å². The summed E-state index contributed by atoms with van der Waals surface area (Å²) in [6.07, 6.45) is 9.72. The molecule has 2 fully saturated rings. The molecule has 16 nitrogen and oxygen atoms in total. The number of carbonyl (C=O) groups excluding carboxylic acids is 4. The van der Waals surface area contributed by atoms with Gasteiger partial charge in [0, 0.05) is 51.8 Å². The summed E-state index contributed by atoms with van der Waals surface area (Å²) in [4.78, 5) is 69.5. The first kappa shape index (κ1) is 50.2. The number of H-pyrrole nitrogens is 2. The van der Waals surface area contributed by atoms with E-state index in [1.54, 1.807) is 19.3 Å². The molecule has 0 saturated carbocycles. The highest BCUT2D eigenvalue weighted by molar-refractivity contribution is 5.87. The SMILES string of the molecule is COC(=O)NC(C(=O)N(Cc1ncc(C2=CCC(C#Cc3ccc(-c4cnc(C(C)N(CC(C)(F)F)C(=O)C(NC(=O)OC)C5CCOCC5)[nH]4)cc3)C=C2)[nH]1)CC(C)(F)F)C1CCOCC1. The zero-order chi connectivity index (χ0) is 48.3. The largest absolute Gasteiger partial charge is 0.453 e. The molecule has 4 atom stereocenters. The van der Waals surface area contributed by atoms with Gasteiger partial charge in [-0.1, -0.05) is 42.2 Å². The van der Waals surface area contributed by atoms with E-state index in [1.165, 1.54) is 14.2 Å². The van der Waals surface area contributed by atoms with Gasteiger partial charge in [-0.05, 0) is 74.1 Å². The van der Waals surface area contributed by atoms with Crippen LogP contribution in [-0.4, -0.2) is 131 Å². The third kappa shape index (κ3) is 14.2. The van der Waals surface area contributed by atoms with E-state index in [0.29, 0.717) is 75.7 Å². The summed E-state index contributed by atoms with van der Waals surface area (Å²) in [5.41, 5.74) is 3.53. The number of methoxy groups -OCH3 is 2. The van der Waals surface area contributed by atoms with Gasteiger partial charge in [0.25, 0.3) is 11.8 Å². The van der Waals surface area contributed by atoms with Gasteiger partial charge in [-0.2, -0.15) is 0 Å². The molecule has 362 valence electrons. The maximum Gasteiger partial charge on any atom is 0.407 e. The topological polar surface area (TPSA) is 193 Å².